The summed E-state index contributed by atoms with van der Waals surface area (Å²) in [4.78, 5) is 11.3. The first-order valence-corrected chi connectivity index (χ1v) is 7.04. The number of benzene rings is 1. The normalized spacial score (nSPS) is 10.1. The molecule has 0 saturated heterocycles. The van der Waals surface area contributed by atoms with Crippen LogP contribution in [0.15, 0.2) is 36.4 Å². The van der Waals surface area contributed by atoms with Gasteiger partial charge in [0.1, 0.15) is 5.78 Å². The second-order valence-corrected chi connectivity index (χ2v) is 5.56. The van der Waals surface area contributed by atoms with Gasteiger partial charge in [-0.2, -0.15) is 0 Å². The van der Waals surface area contributed by atoms with E-state index in [9.17, 15) is 4.79 Å². The molecule has 0 unspecified atom stereocenters. The largest absolute Gasteiger partial charge is 0.300 e. The van der Waals surface area contributed by atoms with Gasteiger partial charge in [-0.1, -0.05) is 64.1 Å². The SMILES string of the molecule is CC(C)CCC(=O)CCC(C)C.c1ccccc1. The standard InChI is InChI=1S/C11H22O.C6H6/c1-9(2)5-7-11(12)8-6-10(3)4;1-2-4-6-5-3-1/h9-10H,5-8H2,1-4H3;1-6H. The zero-order valence-corrected chi connectivity index (χ0v) is 12.4. The minimum absolute atomic E-state index is 0.442. The molecule has 102 valence electrons. The molecular weight excluding hydrogens is 220 g/mol. The highest BCUT2D eigenvalue weighted by Crippen LogP contribution is 2.09. The van der Waals surface area contributed by atoms with Crippen molar-refractivity contribution in [2.24, 2.45) is 11.8 Å². The van der Waals surface area contributed by atoms with Gasteiger partial charge in [0, 0.05) is 12.8 Å². The van der Waals surface area contributed by atoms with Crippen LogP contribution in [0.2, 0.25) is 0 Å². The Balaban J connectivity index is 0.000000397. The summed E-state index contributed by atoms with van der Waals surface area (Å²) >= 11 is 0. The van der Waals surface area contributed by atoms with Crippen molar-refractivity contribution in [3.05, 3.63) is 36.4 Å². The van der Waals surface area contributed by atoms with Crippen LogP contribution in [0, 0.1) is 11.8 Å². The van der Waals surface area contributed by atoms with Gasteiger partial charge in [-0.05, 0) is 24.7 Å². The Hall–Kier alpha value is -1.11. The van der Waals surface area contributed by atoms with Gasteiger partial charge in [0.25, 0.3) is 0 Å². The summed E-state index contributed by atoms with van der Waals surface area (Å²) in [6.45, 7) is 8.65. The molecule has 0 radical (unpaired) electrons. The lowest BCUT2D eigenvalue weighted by Gasteiger charge is -2.05. The summed E-state index contributed by atoms with van der Waals surface area (Å²) in [5.41, 5.74) is 0. The van der Waals surface area contributed by atoms with Gasteiger partial charge < -0.3 is 0 Å². The smallest absolute Gasteiger partial charge is 0.132 e. The van der Waals surface area contributed by atoms with Crippen molar-refractivity contribution >= 4 is 5.78 Å². The molecule has 0 N–H and O–H groups in total. The number of rotatable bonds is 6. The summed E-state index contributed by atoms with van der Waals surface area (Å²) in [5, 5.41) is 0. The van der Waals surface area contributed by atoms with E-state index >= 15 is 0 Å². The van der Waals surface area contributed by atoms with Crippen molar-refractivity contribution in [2.45, 2.75) is 53.4 Å². The molecule has 0 bridgehead atoms. The third-order valence-corrected chi connectivity index (χ3v) is 2.67. The molecule has 1 aromatic carbocycles. The van der Waals surface area contributed by atoms with Crippen molar-refractivity contribution in [3.63, 3.8) is 0 Å². The third kappa shape index (κ3) is 13.0. The minimum Gasteiger partial charge on any atom is -0.300 e. The predicted molar refractivity (Wildman–Crippen MR) is 79.6 cm³/mol. The molecule has 0 aliphatic carbocycles. The molecule has 0 saturated carbocycles. The zero-order chi connectivity index (χ0) is 13.8. The van der Waals surface area contributed by atoms with E-state index in [1.54, 1.807) is 0 Å². The van der Waals surface area contributed by atoms with Crippen molar-refractivity contribution in [1.29, 1.82) is 0 Å². The van der Waals surface area contributed by atoms with Crippen LogP contribution in [0.25, 0.3) is 0 Å². The quantitative estimate of drug-likeness (QED) is 0.683. The molecular formula is C17H28O. The monoisotopic (exact) mass is 248 g/mol. The van der Waals surface area contributed by atoms with E-state index in [0.717, 1.165) is 25.7 Å². The number of Topliss-reactive ketones (excluding diaryl/α,β-unsaturated/α-hetero) is 1. The van der Waals surface area contributed by atoms with E-state index in [1.807, 2.05) is 36.4 Å². The van der Waals surface area contributed by atoms with Crippen LogP contribution < -0.4 is 0 Å². The van der Waals surface area contributed by atoms with Crippen molar-refractivity contribution in [1.82, 2.24) is 0 Å². The lowest BCUT2D eigenvalue weighted by atomic mass is 10.0. The molecule has 0 atom stereocenters. The van der Waals surface area contributed by atoms with E-state index in [0.29, 0.717) is 17.6 Å². The Labute approximate surface area is 113 Å². The van der Waals surface area contributed by atoms with E-state index < -0.39 is 0 Å². The number of hydrogen-bond donors (Lipinski definition) is 0. The van der Waals surface area contributed by atoms with Gasteiger partial charge in [-0.15, -0.1) is 0 Å². The lowest BCUT2D eigenvalue weighted by molar-refractivity contribution is -0.119. The van der Waals surface area contributed by atoms with E-state index in [4.69, 9.17) is 0 Å². The molecule has 0 heterocycles. The first-order valence-electron chi connectivity index (χ1n) is 7.04. The predicted octanol–water partition coefficient (Wildman–Crippen LogP) is 5.11. The Morgan fingerprint density at radius 3 is 1.22 bits per heavy atom. The molecule has 0 fully saturated rings. The van der Waals surface area contributed by atoms with Crippen molar-refractivity contribution < 1.29 is 4.79 Å². The van der Waals surface area contributed by atoms with Crippen LogP contribution in [-0.2, 0) is 4.79 Å². The Bertz CT molecular complexity index is 247. The molecule has 1 heteroatoms. The highest BCUT2D eigenvalue weighted by molar-refractivity contribution is 5.78. The first kappa shape index (κ1) is 16.9. The molecule has 1 nitrogen and oxygen atoms in total. The van der Waals surface area contributed by atoms with Gasteiger partial charge in [-0.25, -0.2) is 0 Å². The molecule has 0 amide bonds. The van der Waals surface area contributed by atoms with Crippen LogP contribution in [0.5, 0.6) is 0 Å². The fraction of sp³-hybridized carbons (Fsp3) is 0.588. The van der Waals surface area contributed by atoms with Crippen molar-refractivity contribution in [2.75, 3.05) is 0 Å². The molecule has 0 spiro atoms. The molecule has 0 aliphatic heterocycles. The zero-order valence-electron chi connectivity index (χ0n) is 12.4. The maximum absolute atomic E-state index is 11.3. The summed E-state index contributed by atoms with van der Waals surface area (Å²) in [7, 11) is 0. The summed E-state index contributed by atoms with van der Waals surface area (Å²) in [6, 6.07) is 12.0. The Morgan fingerprint density at radius 1 is 0.722 bits per heavy atom. The molecule has 1 rings (SSSR count). The Morgan fingerprint density at radius 2 is 1.00 bits per heavy atom. The number of ketones is 1. The third-order valence-electron chi connectivity index (χ3n) is 2.67. The maximum Gasteiger partial charge on any atom is 0.132 e. The summed E-state index contributed by atoms with van der Waals surface area (Å²) in [5.74, 6) is 1.76. The van der Waals surface area contributed by atoms with Gasteiger partial charge in [0.2, 0.25) is 0 Å². The van der Waals surface area contributed by atoms with Crippen LogP contribution in [-0.4, -0.2) is 5.78 Å². The van der Waals surface area contributed by atoms with E-state index in [2.05, 4.69) is 27.7 Å². The fourth-order valence-corrected chi connectivity index (χ4v) is 1.41. The minimum atomic E-state index is 0.442. The maximum atomic E-state index is 11.3. The highest BCUT2D eigenvalue weighted by Gasteiger charge is 2.04. The topological polar surface area (TPSA) is 17.1 Å². The number of carbonyl (C=O) groups excluding carboxylic acids is 1. The average molecular weight is 248 g/mol. The second kappa shape index (κ2) is 11.0. The average Bonchev–Trinajstić information content (AvgIpc) is 2.36. The van der Waals surface area contributed by atoms with Crippen LogP contribution in [0.3, 0.4) is 0 Å². The van der Waals surface area contributed by atoms with E-state index in [-0.39, 0.29) is 0 Å². The van der Waals surface area contributed by atoms with Gasteiger partial charge in [0.15, 0.2) is 0 Å². The fourth-order valence-electron chi connectivity index (χ4n) is 1.41. The molecule has 18 heavy (non-hydrogen) atoms. The number of hydrogen-bond acceptors (Lipinski definition) is 1. The summed E-state index contributed by atoms with van der Waals surface area (Å²) < 4.78 is 0. The van der Waals surface area contributed by atoms with Crippen molar-refractivity contribution in [3.8, 4) is 0 Å². The van der Waals surface area contributed by atoms with Gasteiger partial charge in [-0.3, -0.25) is 4.79 Å². The van der Waals surface area contributed by atoms with E-state index in [1.165, 1.54) is 0 Å². The van der Waals surface area contributed by atoms with Crippen LogP contribution in [0.4, 0.5) is 0 Å². The Kier molecular flexibility index (Phi) is 10.3. The molecule has 0 aromatic heterocycles. The first-order chi connectivity index (χ1) is 8.52. The highest BCUT2D eigenvalue weighted by atomic mass is 16.1. The summed E-state index contributed by atoms with van der Waals surface area (Å²) in [6.07, 6.45) is 3.67. The van der Waals surface area contributed by atoms with Crippen LogP contribution in [0.1, 0.15) is 53.4 Å². The number of carbonyl (C=O) groups is 1. The van der Waals surface area contributed by atoms with Gasteiger partial charge >= 0.3 is 0 Å². The molecule has 1 aromatic rings. The lowest BCUT2D eigenvalue weighted by Crippen LogP contribution is -2.02. The second-order valence-electron chi connectivity index (χ2n) is 5.56. The molecule has 0 aliphatic rings. The van der Waals surface area contributed by atoms with Gasteiger partial charge in [0.05, 0.1) is 0 Å². The van der Waals surface area contributed by atoms with Crippen LogP contribution >= 0.6 is 0 Å².